The molecule has 0 saturated heterocycles. The number of rotatable bonds is 15. The minimum atomic E-state index is -0.664. The van der Waals surface area contributed by atoms with Gasteiger partial charge in [0.15, 0.2) is 0 Å². The zero-order chi connectivity index (χ0) is 14.9. The monoisotopic (exact) mass is 404 g/mol. The molecule has 23 heavy (non-hydrogen) atoms. The van der Waals surface area contributed by atoms with E-state index in [2.05, 4.69) is 19.1 Å². The Bertz CT molecular complexity index is 245. The molecule has 5 heteroatoms. The molecular formula is C18H34O4Zr. The van der Waals surface area contributed by atoms with Gasteiger partial charge in [-0.25, -0.2) is 0 Å². The fourth-order valence-corrected chi connectivity index (χ4v) is 2.35. The van der Waals surface area contributed by atoms with Crippen LogP contribution in [-0.4, -0.2) is 11.1 Å². The van der Waals surface area contributed by atoms with Crippen molar-refractivity contribution in [3.05, 3.63) is 12.2 Å². The van der Waals surface area contributed by atoms with Crippen molar-refractivity contribution in [2.45, 2.75) is 96.8 Å². The van der Waals surface area contributed by atoms with Crippen LogP contribution >= 0.6 is 0 Å². The Hall–Kier alpha value is 0.0131. The summed E-state index contributed by atoms with van der Waals surface area (Å²) in [5, 5.41) is 8.51. The molecule has 4 nitrogen and oxygen atoms in total. The molecule has 0 spiro atoms. The van der Waals surface area contributed by atoms with Crippen LogP contribution in [0.3, 0.4) is 0 Å². The average Bonchev–Trinajstić information content (AvgIpc) is 2.43. The first-order valence-corrected chi connectivity index (χ1v) is 8.64. The molecule has 0 saturated carbocycles. The van der Waals surface area contributed by atoms with E-state index in [-0.39, 0.29) is 37.2 Å². The molecular weight excluding hydrogens is 371 g/mol. The second kappa shape index (κ2) is 26.9. The molecule has 0 aliphatic carbocycles. The standard InChI is InChI=1S/C18H34O2.2O.Zr/c1-2-3-4-5-6-7-8-9-10-11-12-13-14-15-16-17-18(19)20;;;/h9-10H,2-8,11-17H2,1H3,(H,19,20);;;/q;2*-2;+4. The molecule has 0 aliphatic rings. The summed E-state index contributed by atoms with van der Waals surface area (Å²) in [5.41, 5.74) is 0. The molecule has 0 heterocycles. The third-order valence-corrected chi connectivity index (χ3v) is 3.65. The Balaban J connectivity index is -0.000000602. The first-order chi connectivity index (χ1) is 9.77. The Morgan fingerprint density at radius 1 is 0.739 bits per heavy atom. The molecule has 0 rings (SSSR count). The third kappa shape index (κ3) is 30.5. The normalized spacial score (nSPS) is 9.78. The molecule has 0 fully saturated rings. The number of carboxylic acid groups (broad SMARTS) is 1. The zero-order valence-corrected chi connectivity index (χ0v) is 17.2. The summed E-state index contributed by atoms with van der Waals surface area (Å²) < 4.78 is 0. The maximum atomic E-state index is 10.3. The van der Waals surface area contributed by atoms with Crippen molar-refractivity contribution in [3.63, 3.8) is 0 Å². The van der Waals surface area contributed by atoms with Crippen LogP contribution in [0.5, 0.6) is 0 Å². The number of hydrogen-bond acceptors (Lipinski definition) is 1. The maximum Gasteiger partial charge on any atom is 4.00 e. The van der Waals surface area contributed by atoms with E-state index in [1.54, 1.807) is 0 Å². The van der Waals surface area contributed by atoms with E-state index < -0.39 is 5.97 Å². The Kier molecular flexibility index (Phi) is 36.1. The van der Waals surface area contributed by atoms with E-state index in [0.717, 1.165) is 12.8 Å². The van der Waals surface area contributed by atoms with Crippen molar-refractivity contribution < 1.29 is 47.1 Å². The van der Waals surface area contributed by atoms with Crippen LogP contribution in [0, 0.1) is 0 Å². The van der Waals surface area contributed by atoms with Gasteiger partial charge in [-0.05, 0) is 32.1 Å². The van der Waals surface area contributed by atoms with Gasteiger partial charge < -0.3 is 16.1 Å². The van der Waals surface area contributed by atoms with Crippen LogP contribution in [-0.2, 0) is 42.0 Å². The summed E-state index contributed by atoms with van der Waals surface area (Å²) in [7, 11) is 0. The summed E-state index contributed by atoms with van der Waals surface area (Å²) >= 11 is 0. The molecule has 0 radical (unpaired) electrons. The number of allylic oxidation sites excluding steroid dienone is 2. The molecule has 134 valence electrons. The van der Waals surface area contributed by atoms with E-state index in [0.29, 0.717) is 6.42 Å². The minimum Gasteiger partial charge on any atom is -2.00 e. The molecule has 0 aromatic rings. The average molecular weight is 406 g/mol. The number of hydrogen-bond donors (Lipinski definition) is 1. The second-order valence-electron chi connectivity index (χ2n) is 5.73. The minimum absolute atomic E-state index is 0. The molecule has 0 aromatic carbocycles. The van der Waals surface area contributed by atoms with Gasteiger partial charge in [-0.2, -0.15) is 0 Å². The summed E-state index contributed by atoms with van der Waals surface area (Å²) in [5.74, 6) is -0.664. The molecule has 0 atom stereocenters. The first-order valence-electron chi connectivity index (χ1n) is 8.64. The fraction of sp³-hybridized carbons (Fsp3) is 0.833. The van der Waals surface area contributed by atoms with Crippen molar-refractivity contribution >= 4 is 5.97 Å². The Morgan fingerprint density at radius 2 is 1.13 bits per heavy atom. The van der Waals surface area contributed by atoms with Crippen LogP contribution in [0.1, 0.15) is 96.8 Å². The van der Waals surface area contributed by atoms with E-state index in [4.69, 9.17) is 5.11 Å². The van der Waals surface area contributed by atoms with Crippen molar-refractivity contribution in [1.29, 1.82) is 0 Å². The van der Waals surface area contributed by atoms with Gasteiger partial charge in [0.2, 0.25) is 0 Å². The van der Waals surface area contributed by atoms with E-state index >= 15 is 0 Å². The molecule has 1 N–H and O–H groups in total. The molecule has 0 aliphatic heterocycles. The van der Waals surface area contributed by atoms with Crippen molar-refractivity contribution in [1.82, 2.24) is 0 Å². The van der Waals surface area contributed by atoms with Gasteiger partial charge in [-0.15, -0.1) is 0 Å². The number of carboxylic acids is 1. The fourth-order valence-electron chi connectivity index (χ4n) is 2.35. The third-order valence-electron chi connectivity index (χ3n) is 3.65. The van der Waals surface area contributed by atoms with Gasteiger partial charge in [0.05, 0.1) is 0 Å². The molecule has 0 amide bonds. The summed E-state index contributed by atoms with van der Waals surface area (Å²) in [6, 6.07) is 0. The van der Waals surface area contributed by atoms with Crippen molar-refractivity contribution in [2.24, 2.45) is 0 Å². The Labute approximate surface area is 161 Å². The predicted octanol–water partition coefficient (Wildman–Crippen LogP) is 5.87. The molecule has 0 unspecified atom stereocenters. The van der Waals surface area contributed by atoms with Crippen LogP contribution in [0.15, 0.2) is 12.2 Å². The van der Waals surface area contributed by atoms with Gasteiger partial charge in [0.1, 0.15) is 0 Å². The smallest absolute Gasteiger partial charge is 2.00 e. The largest absolute Gasteiger partial charge is 4.00 e. The van der Waals surface area contributed by atoms with Gasteiger partial charge in [-0.3, -0.25) is 4.79 Å². The molecule has 0 aromatic heterocycles. The van der Waals surface area contributed by atoms with Crippen LogP contribution in [0.4, 0.5) is 0 Å². The van der Waals surface area contributed by atoms with Crippen LogP contribution in [0.25, 0.3) is 0 Å². The van der Waals surface area contributed by atoms with Gasteiger partial charge in [0.25, 0.3) is 0 Å². The van der Waals surface area contributed by atoms with E-state index in [1.807, 2.05) is 0 Å². The second-order valence-corrected chi connectivity index (χ2v) is 5.73. The van der Waals surface area contributed by atoms with Gasteiger partial charge >= 0.3 is 32.2 Å². The maximum absolute atomic E-state index is 10.3. The number of aliphatic carboxylic acids is 1. The molecule has 0 bridgehead atoms. The van der Waals surface area contributed by atoms with Gasteiger partial charge in [-0.1, -0.05) is 70.4 Å². The zero-order valence-electron chi connectivity index (χ0n) is 14.7. The predicted molar refractivity (Wildman–Crippen MR) is 88.5 cm³/mol. The van der Waals surface area contributed by atoms with Gasteiger partial charge in [0, 0.05) is 6.42 Å². The van der Waals surface area contributed by atoms with E-state index in [1.165, 1.54) is 70.6 Å². The number of unbranched alkanes of at least 4 members (excludes halogenated alkanes) is 11. The summed E-state index contributed by atoms with van der Waals surface area (Å²) in [6.45, 7) is 2.26. The Morgan fingerprint density at radius 3 is 1.57 bits per heavy atom. The quantitative estimate of drug-likeness (QED) is 0.272. The summed E-state index contributed by atoms with van der Waals surface area (Å²) in [4.78, 5) is 10.3. The van der Waals surface area contributed by atoms with E-state index in [9.17, 15) is 4.79 Å². The number of carbonyl (C=O) groups is 1. The van der Waals surface area contributed by atoms with Crippen LogP contribution in [0.2, 0.25) is 0 Å². The first kappa shape index (κ1) is 30.8. The van der Waals surface area contributed by atoms with Crippen molar-refractivity contribution in [3.8, 4) is 0 Å². The SMILES string of the molecule is CCCCCCCCC=CCCCCCCCC(=O)O.[O-2].[O-2].[Zr+4]. The van der Waals surface area contributed by atoms with Crippen LogP contribution < -0.4 is 0 Å². The van der Waals surface area contributed by atoms with Crippen molar-refractivity contribution in [2.75, 3.05) is 0 Å². The topological polar surface area (TPSA) is 94.3 Å². The summed E-state index contributed by atoms with van der Waals surface area (Å²) in [6.07, 6.45) is 21.2.